The quantitative estimate of drug-likeness (QED) is 0.842. The summed E-state index contributed by atoms with van der Waals surface area (Å²) in [7, 11) is 0. The maximum Gasteiger partial charge on any atom is 0.238 e. The van der Waals surface area contributed by atoms with Crippen LogP contribution in [0.15, 0.2) is 18.2 Å². The highest BCUT2D eigenvalue weighted by atomic mass is 19.1. The number of benzene rings is 1. The Morgan fingerprint density at radius 3 is 2.71 bits per heavy atom. The monoisotopic (exact) mass is 297 g/mol. The Morgan fingerprint density at radius 1 is 1.38 bits per heavy atom. The minimum Gasteiger partial charge on any atom is -0.320 e. The summed E-state index contributed by atoms with van der Waals surface area (Å²) in [5.41, 5.74) is -0.387. The first-order chi connectivity index (χ1) is 10.1. The Balaban J connectivity index is 1.73. The standard InChI is InChI=1S/C15H21F2N3O/c1-2-20-7-6-11(10-20)8-18-9-14(21)19-15-12(16)4-3-5-13(15)17/h3-5,11,18H,2,6-10H2,1H3,(H,19,21). The Labute approximate surface area is 123 Å². The van der Waals surface area contributed by atoms with Crippen molar-refractivity contribution in [3.05, 3.63) is 29.8 Å². The summed E-state index contributed by atoms with van der Waals surface area (Å²) in [5.74, 6) is -1.44. The van der Waals surface area contributed by atoms with Crippen LogP contribution in [0.5, 0.6) is 0 Å². The molecule has 2 N–H and O–H groups in total. The molecule has 1 aromatic rings. The lowest BCUT2D eigenvalue weighted by molar-refractivity contribution is -0.115. The second kappa shape index (κ2) is 7.47. The van der Waals surface area contributed by atoms with Crippen LogP contribution in [0.1, 0.15) is 13.3 Å². The van der Waals surface area contributed by atoms with Gasteiger partial charge >= 0.3 is 0 Å². The van der Waals surface area contributed by atoms with Crippen molar-refractivity contribution >= 4 is 11.6 Å². The number of carbonyl (C=O) groups is 1. The molecule has 6 heteroatoms. The fraction of sp³-hybridized carbons (Fsp3) is 0.533. The van der Waals surface area contributed by atoms with Gasteiger partial charge in [0.25, 0.3) is 0 Å². The first-order valence-corrected chi connectivity index (χ1v) is 7.27. The minimum atomic E-state index is -0.766. The van der Waals surface area contributed by atoms with E-state index in [1.807, 2.05) is 0 Å². The molecular formula is C15H21F2N3O. The van der Waals surface area contributed by atoms with E-state index in [1.54, 1.807) is 0 Å². The number of nitrogens with zero attached hydrogens (tertiary/aromatic N) is 1. The zero-order chi connectivity index (χ0) is 15.2. The van der Waals surface area contributed by atoms with E-state index in [1.165, 1.54) is 6.07 Å². The molecule has 0 aliphatic carbocycles. The predicted molar refractivity (Wildman–Crippen MR) is 78.1 cm³/mol. The molecule has 2 rings (SSSR count). The molecule has 0 radical (unpaired) electrons. The first kappa shape index (κ1) is 15.9. The third kappa shape index (κ3) is 4.47. The van der Waals surface area contributed by atoms with Crippen molar-refractivity contribution in [1.29, 1.82) is 0 Å². The SMILES string of the molecule is CCN1CCC(CNCC(=O)Nc2c(F)cccc2F)C1. The summed E-state index contributed by atoms with van der Waals surface area (Å²) < 4.78 is 26.8. The zero-order valence-electron chi connectivity index (χ0n) is 12.2. The zero-order valence-corrected chi connectivity index (χ0v) is 12.2. The van der Waals surface area contributed by atoms with E-state index in [4.69, 9.17) is 0 Å². The minimum absolute atomic E-state index is 0.0520. The lowest BCUT2D eigenvalue weighted by atomic mass is 10.1. The van der Waals surface area contributed by atoms with Crippen LogP contribution < -0.4 is 10.6 Å². The second-order valence-corrected chi connectivity index (χ2v) is 5.32. The summed E-state index contributed by atoms with van der Waals surface area (Å²) in [4.78, 5) is 14.1. The Morgan fingerprint density at radius 2 is 2.10 bits per heavy atom. The average Bonchev–Trinajstić information content (AvgIpc) is 2.91. The van der Waals surface area contributed by atoms with Crippen LogP contribution in [0.25, 0.3) is 0 Å². The van der Waals surface area contributed by atoms with Crippen molar-refractivity contribution in [3.8, 4) is 0 Å². The molecule has 1 saturated heterocycles. The molecule has 1 heterocycles. The second-order valence-electron chi connectivity index (χ2n) is 5.32. The maximum atomic E-state index is 13.4. The largest absolute Gasteiger partial charge is 0.320 e. The Bertz CT molecular complexity index is 476. The fourth-order valence-electron chi connectivity index (χ4n) is 2.56. The molecule has 1 atom stereocenters. The lowest BCUT2D eigenvalue weighted by Gasteiger charge is -2.14. The number of nitrogens with one attached hydrogen (secondary N) is 2. The van der Waals surface area contributed by atoms with Crippen LogP contribution in [-0.4, -0.2) is 43.5 Å². The van der Waals surface area contributed by atoms with Crippen molar-refractivity contribution < 1.29 is 13.6 Å². The van der Waals surface area contributed by atoms with Crippen LogP contribution in [0, 0.1) is 17.6 Å². The van der Waals surface area contributed by atoms with Gasteiger partial charge in [-0.15, -0.1) is 0 Å². The molecule has 1 aliphatic heterocycles. The highest BCUT2D eigenvalue weighted by molar-refractivity contribution is 5.92. The Kier molecular flexibility index (Phi) is 5.64. The van der Waals surface area contributed by atoms with Gasteiger partial charge in [0, 0.05) is 6.54 Å². The van der Waals surface area contributed by atoms with Gasteiger partial charge in [-0.3, -0.25) is 4.79 Å². The molecule has 0 spiro atoms. The molecule has 0 aromatic heterocycles. The van der Waals surface area contributed by atoms with Crippen molar-refractivity contribution in [2.24, 2.45) is 5.92 Å². The highest BCUT2D eigenvalue weighted by Gasteiger charge is 2.20. The van der Waals surface area contributed by atoms with E-state index in [2.05, 4.69) is 22.5 Å². The summed E-state index contributed by atoms with van der Waals surface area (Å²) in [6.07, 6.45) is 1.12. The van der Waals surface area contributed by atoms with Crippen LogP contribution in [0.4, 0.5) is 14.5 Å². The lowest BCUT2D eigenvalue weighted by Crippen LogP contribution is -2.33. The molecule has 4 nitrogen and oxygen atoms in total. The van der Waals surface area contributed by atoms with E-state index >= 15 is 0 Å². The van der Waals surface area contributed by atoms with E-state index in [-0.39, 0.29) is 12.2 Å². The third-order valence-corrected chi connectivity index (χ3v) is 3.76. The van der Waals surface area contributed by atoms with Gasteiger partial charge in [0.05, 0.1) is 6.54 Å². The summed E-state index contributed by atoms with van der Waals surface area (Å²) in [6.45, 7) is 6.10. The number of hydrogen-bond donors (Lipinski definition) is 2. The topological polar surface area (TPSA) is 44.4 Å². The van der Waals surface area contributed by atoms with Gasteiger partial charge in [0.2, 0.25) is 5.91 Å². The van der Waals surface area contributed by atoms with Crippen LogP contribution in [-0.2, 0) is 4.79 Å². The average molecular weight is 297 g/mol. The fourth-order valence-corrected chi connectivity index (χ4v) is 2.56. The molecule has 21 heavy (non-hydrogen) atoms. The number of carbonyl (C=O) groups excluding carboxylic acids is 1. The Hall–Kier alpha value is -1.53. The number of anilines is 1. The van der Waals surface area contributed by atoms with Crippen molar-refractivity contribution in [3.63, 3.8) is 0 Å². The number of likely N-dealkylation sites (tertiary alicyclic amines) is 1. The normalized spacial score (nSPS) is 18.9. The highest BCUT2D eigenvalue weighted by Crippen LogP contribution is 2.17. The van der Waals surface area contributed by atoms with Crippen LogP contribution >= 0.6 is 0 Å². The van der Waals surface area contributed by atoms with Gasteiger partial charge in [-0.2, -0.15) is 0 Å². The van der Waals surface area contributed by atoms with Crippen LogP contribution in [0.2, 0.25) is 0 Å². The summed E-state index contributed by atoms with van der Waals surface area (Å²) in [6, 6.07) is 3.49. The van der Waals surface area contributed by atoms with Crippen LogP contribution in [0.3, 0.4) is 0 Å². The van der Waals surface area contributed by atoms with E-state index in [9.17, 15) is 13.6 Å². The number of halogens is 2. The van der Waals surface area contributed by atoms with Gasteiger partial charge < -0.3 is 15.5 Å². The number of amides is 1. The molecule has 1 unspecified atom stereocenters. The van der Waals surface area contributed by atoms with Crippen molar-refractivity contribution in [1.82, 2.24) is 10.2 Å². The predicted octanol–water partition coefficient (Wildman–Crippen LogP) is 1.83. The van der Waals surface area contributed by atoms with Gasteiger partial charge in [-0.25, -0.2) is 8.78 Å². The smallest absolute Gasteiger partial charge is 0.238 e. The van der Waals surface area contributed by atoms with Crippen molar-refractivity contribution in [2.75, 3.05) is 38.0 Å². The van der Waals surface area contributed by atoms with Gasteiger partial charge in [0.1, 0.15) is 17.3 Å². The van der Waals surface area contributed by atoms with E-state index < -0.39 is 17.5 Å². The third-order valence-electron chi connectivity index (χ3n) is 3.76. The first-order valence-electron chi connectivity index (χ1n) is 7.27. The van der Waals surface area contributed by atoms with Gasteiger partial charge in [0.15, 0.2) is 0 Å². The van der Waals surface area contributed by atoms with Gasteiger partial charge in [-0.1, -0.05) is 13.0 Å². The summed E-state index contributed by atoms with van der Waals surface area (Å²) in [5, 5.41) is 5.31. The van der Waals surface area contributed by atoms with Gasteiger partial charge in [-0.05, 0) is 44.1 Å². The van der Waals surface area contributed by atoms with E-state index in [0.29, 0.717) is 5.92 Å². The van der Waals surface area contributed by atoms with E-state index in [0.717, 1.165) is 44.7 Å². The molecule has 1 aromatic carbocycles. The number of rotatable bonds is 6. The molecule has 1 amide bonds. The summed E-state index contributed by atoms with van der Waals surface area (Å²) >= 11 is 0. The number of hydrogen-bond acceptors (Lipinski definition) is 3. The molecular weight excluding hydrogens is 276 g/mol. The molecule has 116 valence electrons. The van der Waals surface area contributed by atoms with Crippen molar-refractivity contribution in [2.45, 2.75) is 13.3 Å². The number of para-hydroxylation sites is 1. The molecule has 0 saturated carbocycles. The molecule has 1 aliphatic rings. The maximum absolute atomic E-state index is 13.4. The molecule has 0 bridgehead atoms. The molecule has 1 fully saturated rings.